The number of ketones is 1. The van der Waals surface area contributed by atoms with Crippen molar-refractivity contribution in [2.24, 2.45) is 0 Å². The Kier molecular flexibility index (Phi) is 4.11. The summed E-state index contributed by atoms with van der Waals surface area (Å²) in [5.74, 6) is 1.41. The van der Waals surface area contributed by atoms with E-state index in [1.807, 2.05) is 38.1 Å². The molecule has 6 heteroatoms. The number of carbonyl (C=O) groups is 1. The Morgan fingerprint density at radius 3 is 2.59 bits per heavy atom. The third-order valence-electron chi connectivity index (χ3n) is 3.20. The summed E-state index contributed by atoms with van der Waals surface area (Å²) in [6.45, 7) is 3.81. The maximum atomic E-state index is 12.1. The summed E-state index contributed by atoms with van der Waals surface area (Å²) < 4.78 is 10.7. The van der Waals surface area contributed by atoms with Crippen molar-refractivity contribution >= 4 is 17.5 Å². The Morgan fingerprint density at radius 2 is 1.91 bits per heavy atom. The molecular weight excluding hydrogens is 300 g/mol. The molecule has 0 N–H and O–H groups in total. The fourth-order valence-electron chi connectivity index (χ4n) is 1.93. The molecular formula is C16H14N2O3S. The number of thioether (sulfide) groups is 1. The Bertz CT molecular complexity index is 790. The van der Waals surface area contributed by atoms with Gasteiger partial charge < -0.3 is 8.83 Å². The molecule has 0 bridgehead atoms. The number of hydrogen-bond donors (Lipinski definition) is 0. The van der Waals surface area contributed by atoms with Crippen LogP contribution < -0.4 is 0 Å². The zero-order valence-electron chi connectivity index (χ0n) is 12.2. The van der Waals surface area contributed by atoms with Gasteiger partial charge in [0.15, 0.2) is 5.78 Å². The summed E-state index contributed by atoms with van der Waals surface area (Å²) in [6.07, 6.45) is 1.57. The number of hydrogen-bond acceptors (Lipinski definition) is 6. The quantitative estimate of drug-likeness (QED) is 0.525. The van der Waals surface area contributed by atoms with Gasteiger partial charge in [-0.2, -0.15) is 0 Å². The number of Topliss-reactive ketones (excluding diaryl/α,β-unsaturated/α-hetero) is 1. The zero-order valence-corrected chi connectivity index (χ0v) is 13.0. The third-order valence-corrected chi connectivity index (χ3v) is 4.01. The van der Waals surface area contributed by atoms with Gasteiger partial charge in [-0.1, -0.05) is 41.6 Å². The van der Waals surface area contributed by atoms with Gasteiger partial charge in [-0.3, -0.25) is 4.79 Å². The summed E-state index contributed by atoms with van der Waals surface area (Å²) in [6, 6.07) is 9.27. The predicted molar refractivity (Wildman–Crippen MR) is 83.0 cm³/mol. The first-order chi connectivity index (χ1) is 10.6. The monoisotopic (exact) mass is 314 g/mol. The molecule has 0 aliphatic heterocycles. The summed E-state index contributed by atoms with van der Waals surface area (Å²) >= 11 is 1.23. The van der Waals surface area contributed by atoms with Gasteiger partial charge in [0.05, 0.1) is 17.6 Å². The van der Waals surface area contributed by atoms with E-state index in [-0.39, 0.29) is 11.5 Å². The van der Waals surface area contributed by atoms with E-state index in [0.29, 0.717) is 16.7 Å². The van der Waals surface area contributed by atoms with Crippen molar-refractivity contribution in [1.29, 1.82) is 0 Å². The molecule has 3 aromatic rings. The lowest BCUT2D eigenvalue weighted by Gasteiger charge is -1.99. The fourth-order valence-corrected chi connectivity index (χ4v) is 2.59. The molecule has 0 saturated carbocycles. The SMILES string of the molecule is Cc1ccc(C(=O)CSc2nnc(-c3ccoc3C)o2)cc1. The number of benzene rings is 1. The number of aromatic nitrogens is 2. The van der Waals surface area contributed by atoms with E-state index in [1.165, 1.54) is 11.8 Å². The van der Waals surface area contributed by atoms with Gasteiger partial charge in [0, 0.05) is 5.56 Å². The largest absolute Gasteiger partial charge is 0.469 e. The van der Waals surface area contributed by atoms with Crippen LogP contribution in [0.1, 0.15) is 21.7 Å². The molecule has 0 radical (unpaired) electrons. The molecule has 112 valence electrons. The minimum atomic E-state index is 0.0317. The predicted octanol–water partition coefficient (Wildman–Crippen LogP) is 3.92. The first-order valence-electron chi connectivity index (χ1n) is 6.74. The van der Waals surface area contributed by atoms with Gasteiger partial charge in [0.2, 0.25) is 0 Å². The van der Waals surface area contributed by atoms with Crippen molar-refractivity contribution in [3.63, 3.8) is 0 Å². The number of aryl methyl sites for hydroxylation is 2. The van der Waals surface area contributed by atoms with Crippen LogP contribution in [0.3, 0.4) is 0 Å². The lowest BCUT2D eigenvalue weighted by Crippen LogP contribution is -2.02. The van der Waals surface area contributed by atoms with Crippen molar-refractivity contribution in [2.75, 3.05) is 5.75 Å². The van der Waals surface area contributed by atoms with Crippen LogP contribution in [0.2, 0.25) is 0 Å². The normalized spacial score (nSPS) is 10.8. The van der Waals surface area contributed by atoms with Gasteiger partial charge >= 0.3 is 0 Å². The Hall–Kier alpha value is -2.34. The van der Waals surface area contributed by atoms with Crippen LogP contribution in [0.25, 0.3) is 11.5 Å². The second kappa shape index (κ2) is 6.19. The number of nitrogens with zero attached hydrogens (tertiary/aromatic N) is 2. The molecule has 1 aromatic carbocycles. The number of carbonyl (C=O) groups excluding carboxylic acids is 1. The van der Waals surface area contributed by atoms with Crippen LogP contribution in [-0.2, 0) is 0 Å². The molecule has 22 heavy (non-hydrogen) atoms. The average molecular weight is 314 g/mol. The first kappa shape index (κ1) is 14.6. The van der Waals surface area contributed by atoms with E-state index in [2.05, 4.69) is 10.2 Å². The molecule has 0 unspecified atom stereocenters. The van der Waals surface area contributed by atoms with E-state index >= 15 is 0 Å². The highest BCUT2D eigenvalue weighted by Crippen LogP contribution is 2.26. The van der Waals surface area contributed by atoms with Gasteiger partial charge in [0.1, 0.15) is 5.76 Å². The molecule has 0 aliphatic carbocycles. The lowest BCUT2D eigenvalue weighted by molar-refractivity contribution is 0.102. The Balaban J connectivity index is 1.65. The van der Waals surface area contributed by atoms with Crippen LogP contribution in [0, 0.1) is 13.8 Å². The van der Waals surface area contributed by atoms with Crippen LogP contribution in [0.5, 0.6) is 0 Å². The highest BCUT2D eigenvalue weighted by Gasteiger charge is 2.14. The number of furan rings is 1. The Labute approximate surface area is 131 Å². The highest BCUT2D eigenvalue weighted by molar-refractivity contribution is 7.99. The topological polar surface area (TPSA) is 69.1 Å². The van der Waals surface area contributed by atoms with Crippen molar-refractivity contribution in [3.8, 4) is 11.5 Å². The molecule has 0 saturated heterocycles. The second-order valence-electron chi connectivity index (χ2n) is 4.84. The van der Waals surface area contributed by atoms with Crippen LogP contribution in [0.4, 0.5) is 0 Å². The van der Waals surface area contributed by atoms with E-state index in [0.717, 1.165) is 16.9 Å². The molecule has 0 atom stereocenters. The molecule has 0 spiro atoms. The van der Waals surface area contributed by atoms with Crippen molar-refractivity contribution in [3.05, 3.63) is 53.5 Å². The molecule has 0 amide bonds. The first-order valence-corrected chi connectivity index (χ1v) is 7.72. The molecule has 0 fully saturated rings. The summed E-state index contributed by atoms with van der Waals surface area (Å²) in [5.41, 5.74) is 2.58. The zero-order chi connectivity index (χ0) is 15.5. The summed E-state index contributed by atoms with van der Waals surface area (Å²) in [4.78, 5) is 12.1. The van der Waals surface area contributed by atoms with Gasteiger partial charge in [-0.05, 0) is 19.9 Å². The van der Waals surface area contributed by atoms with E-state index < -0.39 is 0 Å². The van der Waals surface area contributed by atoms with E-state index in [4.69, 9.17) is 8.83 Å². The summed E-state index contributed by atoms with van der Waals surface area (Å²) in [5, 5.41) is 8.29. The van der Waals surface area contributed by atoms with Gasteiger partial charge in [-0.15, -0.1) is 10.2 Å². The maximum Gasteiger partial charge on any atom is 0.277 e. The van der Waals surface area contributed by atoms with Gasteiger partial charge in [0.25, 0.3) is 11.1 Å². The fraction of sp³-hybridized carbons (Fsp3) is 0.188. The standard InChI is InChI=1S/C16H14N2O3S/c1-10-3-5-12(6-4-10)14(19)9-22-16-18-17-15(21-16)13-7-8-20-11(13)2/h3-8H,9H2,1-2H3. The van der Waals surface area contributed by atoms with E-state index in [9.17, 15) is 4.79 Å². The minimum absolute atomic E-state index is 0.0317. The molecule has 0 aliphatic rings. The molecule has 2 heterocycles. The Morgan fingerprint density at radius 1 is 1.14 bits per heavy atom. The van der Waals surface area contributed by atoms with Gasteiger partial charge in [-0.25, -0.2) is 0 Å². The van der Waals surface area contributed by atoms with Crippen molar-refractivity contribution in [2.45, 2.75) is 19.1 Å². The third kappa shape index (κ3) is 3.12. The van der Waals surface area contributed by atoms with Crippen LogP contribution >= 0.6 is 11.8 Å². The van der Waals surface area contributed by atoms with Crippen LogP contribution in [0.15, 0.2) is 50.7 Å². The van der Waals surface area contributed by atoms with Crippen molar-refractivity contribution in [1.82, 2.24) is 10.2 Å². The van der Waals surface area contributed by atoms with E-state index in [1.54, 1.807) is 12.3 Å². The molecule has 3 rings (SSSR count). The van der Waals surface area contributed by atoms with Crippen LogP contribution in [-0.4, -0.2) is 21.7 Å². The highest BCUT2D eigenvalue weighted by atomic mass is 32.2. The molecule has 2 aromatic heterocycles. The smallest absolute Gasteiger partial charge is 0.277 e. The second-order valence-corrected chi connectivity index (χ2v) is 5.77. The average Bonchev–Trinajstić information content (AvgIpc) is 3.14. The lowest BCUT2D eigenvalue weighted by atomic mass is 10.1. The summed E-state index contributed by atoms with van der Waals surface area (Å²) in [7, 11) is 0. The maximum absolute atomic E-state index is 12.1. The molecule has 5 nitrogen and oxygen atoms in total. The minimum Gasteiger partial charge on any atom is -0.469 e. The number of rotatable bonds is 5. The van der Waals surface area contributed by atoms with Crippen molar-refractivity contribution < 1.29 is 13.6 Å².